The monoisotopic (exact) mass is 374 g/mol. The highest BCUT2D eigenvalue weighted by molar-refractivity contribution is 5.94. The lowest BCUT2D eigenvalue weighted by Crippen LogP contribution is -2.37. The summed E-state index contributed by atoms with van der Waals surface area (Å²) in [4.78, 5) is 34.5. The molecule has 28 heavy (non-hydrogen) atoms. The molecule has 0 unspecified atom stereocenters. The Morgan fingerprint density at radius 2 is 1.96 bits per heavy atom. The molecule has 1 aliphatic carbocycles. The molecule has 1 atom stereocenters. The van der Waals surface area contributed by atoms with Crippen molar-refractivity contribution in [3.8, 4) is 11.5 Å². The Morgan fingerprint density at radius 3 is 2.68 bits per heavy atom. The molecule has 0 bridgehead atoms. The fourth-order valence-electron chi connectivity index (χ4n) is 3.56. The van der Waals surface area contributed by atoms with Crippen LogP contribution in [0, 0.1) is 12.3 Å². The zero-order valence-electron chi connectivity index (χ0n) is 16.2. The topological polar surface area (TPSA) is 93.6 Å². The van der Waals surface area contributed by atoms with E-state index in [0.717, 1.165) is 29.8 Å². The van der Waals surface area contributed by atoms with Gasteiger partial charge in [-0.15, -0.1) is 0 Å². The third kappa shape index (κ3) is 3.74. The third-order valence-electron chi connectivity index (χ3n) is 4.95. The van der Waals surface area contributed by atoms with Gasteiger partial charge in [0.05, 0.1) is 23.5 Å². The minimum atomic E-state index is -0.150. The van der Waals surface area contributed by atoms with Crippen molar-refractivity contribution < 1.29 is 4.79 Å². The van der Waals surface area contributed by atoms with Crippen LogP contribution in [-0.2, 0) is 6.42 Å². The van der Waals surface area contributed by atoms with Crippen LogP contribution >= 0.6 is 0 Å². The summed E-state index contributed by atoms with van der Waals surface area (Å²) in [6.07, 6.45) is 9.94. The molecule has 0 fully saturated rings. The summed E-state index contributed by atoms with van der Waals surface area (Å²) in [5.74, 6) is 0.413. The first kappa shape index (κ1) is 18.2. The molecule has 142 valence electrons. The number of carbonyl (C=O) groups excluding carboxylic acids is 1. The first-order valence-electron chi connectivity index (χ1n) is 9.27. The number of hydrogen-bond donors (Lipinski definition) is 1. The zero-order chi connectivity index (χ0) is 19.7. The number of fused-ring (bicyclic) bond motifs is 1. The van der Waals surface area contributed by atoms with Gasteiger partial charge in [0.2, 0.25) is 0 Å². The van der Waals surface area contributed by atoms with Gasteiger partial charge in [-0.05, 0) is 37.3 Å². The molecular weight excluding hydrogens is 352 g/mol. The minimum Gasteiger partial charge on any atom is -0.345 e. The quantitative estimate of drug-likeness (QED) is 0.757. The number of aromatic nitrogens is 5. The Morgan fingerprint density at radius 1 is 1.11 bits per heavy atom. The van der Waals surface area contributed by atoms with Gasteiger partial charge < -0.3 is 5.32 Å². The van der Waals surface area contributed by atoms with E-state index in [-0.39, 0.29) is 17.4 Å². The van der Waals surface area contributed by atoms with Gasteiger partial charge in [-0.1, -0.05) is 13.8 Å². The van der Waals surface area contributed by atoms with Crippen molar-refractivity contribution in [3.63, 3.8) is 0 Å². The first-order valence-corrected chi connectivity index (χ1v) is 9.27. The number of pyridine rings is 1. The summed E-state index contributed by atoms with van der Waals surface area (Å²) in [7, 11) is 0. The predicted octanol–water partition coefficient (Wildman–Crippen LogP) is 3.08. The summed E-state index contributed by atoms with van der Waals surface area (Å²) in [6, 6.07) is 3.48. The number of hydrogen-bond acceptors (Lipinski definition) is 6. The Bertz CT molecular complexity index is 1000. The van der Waals surface area contributed by atoms with E-state index in [9.17, 15) is 4.79 Å². The molecule has 0 aliphatic heterocycles. The number of amides is 1. The van der Waals surface area contributed by atoms with Crippen LogP contribution < -0.4 is 5.32 Å². The van der Waals surface area contributed by atoms with E-state index >= 15 is 0 Å². The Kier molecular flexibility index (Phi) is 4.58. The number of nitrogens with zero attached hydrogens (tertiary/aromatic N) is 5. The van der Waals surface area contributed by atoms with Crippen LogP contribution in [0.2, 0.25) is 0 Å². The summed E-state index contributed by atoms with van der Waals surface area (Å²) >= 11 is 0. The minimum absolute atomic E-state index is 0.00443. The summed E-state index contributed by atoms with van der Waals surface area (Å²) < 4.78 is 0. The second kappa shape index (κ2) is 7.07. The average molecular weight is 374 g/mol. The summed E-state index contributed by atoms with van der Waals surface area (Å²) in [6.45, 7) is 6.27. The maximum atomic E-state index is 12.7. The predicted molar refractivity (Wildman–Crippen MR) is 104 cm³/mol. The number of rotatable bonds is 3. The van der Waals surface area contributed by atoms with Gasteiger partial charge in [-0.25, -0.2) is 15.0 Å². The van der Waals surface area contributed by atoms with Gasteiger partial charge in [-0.3, -0.25) is 14.8 Å². The smallest absolute Gasteiger partial charge is 0.253 e. The normalized spacial score (nSPS) is 17.6. The van der Waals surface area contributed by atoms with Gasteiger partial charge in [-0.2, -0.15) is 0 Å². The van der Waals surface area contributed by atoms with Crippen LogP contribution in [0.25, 0.3) is 11.5 Å². The van der Waals surface area contributed by atoms with Crippen LogP contribution in [0.5, 0.6) is 0 Å². The van der Waals surface area contributed by atoms with E-state index in [1.165, 1.54) is 0 Å². The molecule has 0 radical (unpaired) electrons. The number of carbonyl (C=O) groups is 1. The standard InChI is InChI=1S/C21H22N6O/c1-13-4-5-14(10-24-13)20(28)27-17-9-21(2,3)8-16-15(17)11-25-19(26-16)18-12-22-6-7-23-18/h4-7,10-12,17H,8-9H2,1-3H3,(H,27,28)/t17-/m1/s1. The molecule has 1 amide bonds. The molecule has 0 spiro atoms. The molecular formula is C21H22N6O. The van der Waals surface area contributed by atoms with Gasteiger partial charge in [0, 0.05) is 36.0 Å². The van der Waals surface area contributed by atoms with Crippen molar-refractivity contribution in [2.45, 2.75) is 39.7 Å². The molecule has 0 saturated carbocycles. The van der Waals surface area contributed by atoms with Crippen LogP contribution in [0.15, 0.2) is 43.1 Å². The summed E-state index contributed by atoms with van der Waals surface area (Å²) in [5, 5.41) is 3.14. The second-order valence-corrected chi connectivity index (χ2v) is 7.95. The maximum Gasteiger partial charge on any atom is 0.253 e. The Labute approximate surface area is 163 Å². The highest BCUT2D eigenvalue weighted by Gasteiger charge is 2.34. The molecule has 7 heteroatoms. The highest BCUT2D eigenvalue weighted by Crippen LogP contribution is 2.40. The van der Waals surface area contributed by atoms with E-state index in [1.54, 1.807) is 37.1 Å². The van der Waals surface area contributed by atoms with Crippen LogP contribution in [0.3, 0.4) is 0 Å². The van der Waals surface area contributed by atoms with E-state index < -0.39 is 0 Å². The van der Waals surface area contributed by atoms with Crippen LogP contribution in [0.1, 0.15) is 53.6 Å². The van der Waals surface area contributed by atoms with E-state index in [0.29, 0.717) is 17.1 Å². The fraction of sp³-hybridized carbons (Fsp3) is 0.333. The zero-order valence-corrected chi connectivity index (χ0v) is 16.2. The van der Waals surface area contributed by atoms with Crippen molar-refractivity contribution in [1.29, 1.82) is 0 Å². The number of aryl methyl sites for hydroxylation is 1. The number of nitrogens with one attached hydrogen (secondary N) is 1. The molecule has 1 N–H and O–H groups in total. The lowest BCUT2D eigenvalue weighted by atomic mass is 9.74. The van der Waals surface area contributed by atoms with Gasteiger partial charge in [0.1, 0.15) is 5.69 Å². The molecule has 7 nitrogen and oxygen atoms in total. The first-order chi connectivity index (χ1) is 13.4. The Hall–Kier alpha value is -3.22. The van der Waals surface area contributed by atoms with Crippen molar-refractivity contribution in [1.82, 2.24) is 30.2 Å². The average Bonchev–Trinajstić information content (AvgIpc) is 2.68. The molecule has 0 aromatic carbocycles. The SMILES string of the molecule is Cc1ccc(C(=O)N[C@@H]2CC(C)(C)Cc3nc(-c4cnccn4)ncc32)cn1. The van der Waals surface area contributed by atoms with Gasteiger partial charge in [0.15, 0.2) is 5.82 Å². The fourth-order valence-corrected chi connectivity index (χ4v) is 3.56. The molecule has 1 aliphatic rings. The van der Waals surface area contributed by atoms with Crippen LogP contribution in [0.4, 0.5) is 0 Å². The van der Waals surface area contributed by atoms with Crippen molar-refractivity contribution in [2.75, 3.05) is 0 Å². The molecule has 3 heterocycles. The molecule has 4 rings (SSSR count). The lowest BCUT2D eigenvalue weighted by Gasteiger charge is -2.36. The molecule has 0 saturated heterocycles. The molecule has 3 aromatic heterocycles. The van der Waals surface area contributed by atoms with Gasteiger partial charge >= 0.3 is 0 Å². The van der Waals surface area contributed by atoms with E-state index in [2.05, 4.69) is 39.1 Å². The summed E-state index contributed by atoms with van der Waals surface area (Å²) in [5.41, 5.74) is 3.97. The highest BCUT2D eigenvalue weighted by atomic mass is 16.1. The van der Waals surface area contributed by atoms with E-state index in [1.807, 2.05) is 13.0 Å². The second-order valence-electron chi connectivity index (χ2n) is 7.95. The van der Waals surface area contributed by atoms with Crippen LogP contribution in [-0.4, -0.2) is 30.8 Å². The van der Waals surface area contributed by atoms with Crippen molar-refractivity contribution in [2.24, 2.45) is 5.41 Å². The lowest BCUT2D eigenvalue weighted by molar-refractivity contribution is 0.0918. The van der Waals surface area contributed by atoms with Gasteiger partial charge in [0.25, 0.3) is 5.91 Å². The largest absolute Gasteiger partial charge is 0.345 e. The Balaban J connectivity index is 1.64. The maximum absolute atomic E-state index is 12.7. The van der Waals surface area contributed by atoms with E-state index in [4.69, 9.17) is 4.98 Å². The van der Waals surface area contributed by atoms with Crippen molar-refractivity contribution in [3.05, 3.63) is 65.6 Å². The molecule has 3 aromatic rings. The third-order valence-corrected chi connectivity index (χ3v) is 4.95. The van der Waals surface area contributed by atoms with Crippen molar-refractivity contribution >= 4 is 5.91 Å².